The van der Waals surface area contributed by atoms with Gasteiger partial charge in [0.2, 0.25) is 11.3 Å². The summed E-state index contributed by atoms with van der Waals surface area (Å²) in [6, 6.07) is 6.05. The van der Waals surface area contributed by atoms with Gasteiger partial charge in [-0.1, -0.05) is 0 Å². The maximum atomic E-state index is 13.3. The molecular weight excluding hydrogens is 309 g/mol. The average Bonchev–Trinajstić information content (AvgIpc) is 2.59. The maximum absolute atomic E-state index is 13.3. The minimum atomic E-state index is -0.322. The van der Waals surface area contributed by atoms with Gasteiger partial charge in [-0.3, -0.25) is 9.36 Å². The summed E-state index contributed by atoms with van der Waals surface area (Å²) in [6.45, 7) is 4.22. The lowest BCUT2D eigenvalue weighted by atomic mass is 10.1. The molecule has 122 valence electrons. The second kappa shape index (κ2) is 5.40. The summed E-state index contributed by atoms with van der Waals surface area (Å²) in [5.41, 5.74) is 3.40. The fourth-order valence-electron chi connectivity index (χ4n) is 2.99. The Hall–Kier alpha value is -2.76. The Kier molecular flexibility index (Phi) is 3.33. The Bertz CT molecular complexity index is 1010. The molecule has 1 aromatic carbocycles. The molecule has 1 aliphatic heterocycles. The van der Waals surface area contributed by atoms with E-state index in [0.717, 1.165) is 17.8 Å². The Labute approximate surface area is 137 Å². The minimum Gasteiger partial charge on any atom is -0.478 e. The summed E-state index contributed by atoms with van der Waals surface area (Å²) in [5, 5.41) is 0. The quantitative estimate of drug-likeness (QED) is 0.690. The largest absolute Gasteiger partial charge is 0.478 e. The predicted molar refractivity (Wildman–Crippen MR) is 88.4 cm³/mol. The molecule has 0 saturated heterocycles. The smallest absolute Gasteiger partial charge is 0.216 e. The highest BCUT2D eigenvalue weighted by molar-refractivity contribution is 5.76. The highest BCUT2D eigenvalue weighted by atomic mass is 19.1. The van der Waals surface area contributed by atoms with Gasteiger partial charge in [0.1, 0.15) is 5.82 Å². The zero-order chi connectivity index (χ0) is 16.8. The molecule has 0 atom stereocenters. The van der Waals surface area contributed by atoms with E-state index in [1.54, 1.807) is 16.7 Å². The van der Waals surface area contributed by atoms with Crippen molar-refractivity contribution in [3.05, 3.63) is 57.3 Å². The second-order valence-electron chi connectivity index (χ2n) is 5.94. The van der Waals surface area contributed by atoms with E-state index in [1.165, 1.54) is 12.1 Å². The topological polar surface area (TPSA) is 57.0 Å². The molecule has 0 spiro atoms. The number of hydrogen-bond acceptors (Lipinski definition) is 4. The number of benzene rings is 1. The third-order valence-corrected chi connectivity index (χ3v) is 4.35. The lowest BCUT2D eigenvalue weighted by Crippen LogP contribution is -2.24. The van der Waals surface area contributed by atoms with Gasteiger partial charge in [0.05, 0.1) is 29.2 Å². The molecule has 0 saturated carbocycles. The van der Waals surface area contributed by atoms with Crippen molar-refractivity contribution in [2.75, 3.05) is 6.61 Å². The first-order valence-corrected chi connectivity index (χ1v) is 7.88. The van der Waals surface area contributed by atoms with E-state index in [9.17, 15) is 9.18 Å². The van der Waals surface area contributed by atoms with Crippen LogP contribution < -0.4 is 10.2 Å². The van der Waals surface area contributed by atoms with E-state index in [2.05, 4.69) is 9.97 Å². The molecule has 0 bridgehead atoms. The Morgan fingerprint density at radius 2 is 1.83 bits per heavy atom. The van der Waals surface area contributed by atoms with Crippen molar-refractivity contribution in [3.63, 3.8) is 0 Å². The second-order valence-corrected chi connectivity index (χ2v) is 5.94. The van der Waals surface area contributed by atoms with Gasteiger partial charge in [-0.15, -0.1) is 0 Å². The van der Waals surface area contributed by atoms with Crippen molar-refractivity contribution in [2.24, 2.45) is 0 Å². The van der Waals surface area contributed by atoms with Gasteiger partial charge in [0, 0.05) is 0 Å². The first kappa shape index (κ1) is 14.8. The Morgan fingerprint density at radius 1 is 1.12 bits per heavy atom. The van der Waals surface area contributed by atoms with Crippen molar-refractivity contribution in [1.82, 2.24) is 14.5 Å². The third kappa shape index (κ3) is 2.18. The van der Waals surface area contributed by atoms with Gasteiger partial charge in [0.15, 0.2) is 11.2 Å². The number of hydrogen-bond donors (Lipinski definition) is 0. The van der Waals surface area contributed by atoms with Gasteiger partial charge in [0.25, 0.3) is 0 Å². The van der Waals surface area contributed by atoms with Crippen LogP contribution in [0.2, 0.25) is 0 Å². The van der Waals surface area contributed by atoms with Crippen LogP contribution in [0.5, 0.6) is 5.88 Å². The van der Waals surface area contributed by atoms with Gasteiger partial charge in [-0.2, -0.15) is 0 Å². The first-order valence-electron chi connectivity index (χ1n) is 7.88. The van der Waals surface area contributed by atoms with Crippen LogP contribution in [0.15, 0.2) is 29.1 Å². The zero-order valence-corrected chi connectivity index (χ0v) is 13.5. The van der Waals surface area contributed by atoms with Crippen LogP contribution in [-0.2, 0) is 6.42 Å². The number of aryl methyl sites for hydroxylation is 2. The average molecular weight is 325 g/mol. The van der Waals surface area contributed by atoms with Crippen LogP contribution in [0.25, 0.3) is 16.9 Å². The van der Waals surface area contributed by atoms with E-state index in [-0.39, 0.29) is 11.2 Å². The van der Waals surface area contributed by atoms with Crippen LogP contribution in [0.3, 0.4) is 0 Å². The number of rotatable bonds is 1. The Balaban J connectivity index is 2.17. The molecule has 3 heterocycles. The van der Waals surface area contributed by atoms with Gasteiger partial charge >= 0.3 is 0 Å². The molecular formula is C18H16FN3O2. The van der Waals surface area contributed by atoms with Gasteiger partial charge < -0.3 is 4.74 Å². The number of ether oxygens (including phenoxy) is 1. The molecule has 0 aliphatic carbocycles. The van der Waals surface area contributed by atoms with Crippen molar-refractivity contribution in [1.29, 1.82) is 0 Å². The molecule has 24 heavy (non-hydrogen) atoms. The molecule has 0 N–H and O–H groups in total. The van der Waals surface area contributed by atoms with Crippen molar-refractivity contribution in [2.45, 2.75) is 26.7 Å². The van der Waals surface area contributed by atoms with E-state index >= 15 is 0 Å². The number of nitrogens with zero attached hydrogens (tertiary/aromatic N) is 3. The minimum absolute atomic E-state index is 0.131. The van der Waals surface area contributed by atoms with Crippen LogP contribution in [0.4, 0.5) is 4.39 Å². The highest BCUT2D eigenvalue weighted by Crippen LogP contribution is 2.29. The molecule has 2 aromatic heterocycles. The maximum Gasteiger partial charge on any atom is 0.216 e. The number of halogens is 1. The SMILES string of the molecule is Cc1nc2c(=O)c3c(n(-c4ccc(F)cc4)c2nc1C)OCCC3. The molecule has 5 nitrogen and oxygen atoms in total. The number of aromatic nitrogens is 3. The van der Waals surface area contributed by atoms with Gasteiger partial charge in [-0.25, -0.2) is 14.4 Å². The molecule has 6 heteroatoms. The molecule has 0 amide bonds. The van der Waals surface area contributed by atoms with Gasteiger partial charge in [-0.05, 0) is 51.0 Å². The van der Waals surface area contributed by atoms with Crippen LogP contribution in [0, 0.1) is 19.7 Å². The fraction of sp³-hybridized carbons (Fsp3) is 0.278. The highest BCUT2D eigenvalue weighted by Gasteiger charge is 2.24. The Morgan fingerprint density at radius 3 is 2.58 bits per heavy atom. The number of pyridine rings is 1. The molecule has 0 fully saturated rings. The summed E-state index contributed by atoms with van der Waals surface area (Å²) in [6.07, 6.45) is 1.43. The zero-order valence-electron chi connectivity index (χ0n) is 13.5. The summed E-state index contributed by atoms with van der Waals surface area (Å²) in [7, 11) is 0. The van der Waals surface area contributed by atoms with E-state index < -0.39 is 0 Å². The summed E-state index contributed by atoms with van der Waals surface area (Å²) in [4.78, 5) is 21.8. The van der Waals surface area contributed by atoms with Crippen LogP contribution >= 0.6 is 0 Å². The summed E-state index contributed by atoms with van der Waals surface area (Å²) >= 11 is 0. The molecule has 0 radical (unpaired) electrons. The molecule has 3 aromatic rings. The van der Waals surface area contributed by atoms with E-state index in [4.69, 9.17) is 4.74 Å². The monoisotopic (exact) mass is 325 g/mol. The van der Waals surface area contributed by atoms with Crippen LogP contribution in [-0.4, -0.2) is 21.1 Å². The summed E-state index contributed by atoms with van der Waals surface area (Å²) < 4.78 is 20.9. The molecule has 4 rings (SSSR count). The van der Waals surface area contributed by atoms with E-state index in [0.29, 0.717) is 41.3 Å². The lowest BCUT2D eigenvalue weighted by Gasteiger charge is -2.23. The molecule has 1 aliphatic rings. The normalized spacial score (nSPS) is 13.6. The van der Waals surface area contributed by atoms with E-state index in [1.807, 2.05) is 13.8 Å². The van der Waals surface area contributed by atoms with Crippen molar-refractivity contribution >= 4 is 11.2 Å². The first-order chi connectivity index (χ1) is 11.6. The number of fused-ring (bicyclic) bond motifs is 2. The molecule has 0 unspecified atom stereocenters. The summed E-state index contributed by atoms with van der Waals surface area (Å²) in [5.74, 6) is 0.167. The standard InChI is InChI=1S/C18H16FN3O2/c1-10-11(2)21-17-15(20-10)16(23)14-4-3-9-24-18(14)22(17)13-7-5-12(19)6-8-13/h5-8H,3-4,9H2,1-2H3. The third-order valence-electron chi connectivity index (χ3n) is 4.35. The lowest BCUT2D eigenvalue weighted by molar-refractivity contribution is 0.269. The predicted octanol–water partition coefficient (Wildman–Crippen LogP) is 2.86. The fourth-order valence-corrected chi connectivity index (χ4v) is 2.99. The van der Waals surface area contributed by atoms with Crippen molar-refractivity contribution in [3.8, 4) is 11.6 Å². The van der Waals surface area contributed by atoms with Crippen LogP contribution in [0.1, 0.15) is 23.4 Å². The van der Waals surface area contributed by atoms with Crippen molar-refractivity contribution < 1.29 is 9.13 Å².